The van der Waals surface area contributed by atoms with Crippen molar-refractivity contribution in [3.05, 3.63) is 58.7 Å². The van der Waals surface area contributed by atoms with Gasteiger partial charge in [0.25, 0.3) is 0 Å². The summed E-state index contributed by atoms with van der Waals surface area (Å²) in [6, 6.07) is 3.10. The second kappa shape index (κ2) is 5.16. The van der Waals surface area contributed by atoms with E-state index >= 15 is 0 Å². The quantitative estimate of drug-likeness (QED) is 0.508. The molecule has 1 N–H and O–H groups in total. The van der Waals surface area contributed by atoms with Gasteiger partial charge in [-0.1, -0.05) is 18.2 Å². The van der Waals surface area contributed by atoms with Gasteiger partial charge in [-0.05, 0) is 0 Å². The van der Waals surface area contributed by atoms with Crippen LogP contribution in [0.4, 0.5) is 26.3 Å². The molecule has 0 atom stereocenters. The Morgan fingerprint density at radius 1 is 0.700 bits per heavy atom. The van der Waals surface area contributed by atoms with Crippen LogP contribution in [0.1, 0.15) is 5.56 Å². The summed E-state index contributed by atoms with van der Waals surface area (Å²) in [5, 5.41) is 8.85. The maximum atomic E-state index is 13.9. The van der Waals surface area contributed by atoms with Crippen LogP contribution in [-0.4, -0.2) is 5.11 Å². The number of halogens is 6. The lowest BCUT2D eigenvalue weighted by atomic mass is 10.0. The molecule has 0 aliphatic carbocycles. The van der Waals surface area contributed by atoms with Gasteiger partial charge in [0.05, 0.1) is 12.2 Å². The molecular formula is C13H6F6O. The number of aliphatic hydroxyl groups excluding tert-OH is 1. The second-order valence-corrected chi connectivity index (χ2v) is 3.88. The van der Waals surface area contributed by atoms with Crippen LogP contribution in [0.5, 0.6) is 0 Å². The van der Waals surface area contributed by atoms with Gasteiger partial charge in [-0.25, -0.2) is 26.3 Å². The molecule has 0 unspecified atom stereocenters. The molecule has 106 valence electrons. The Kier molecular flexibility index (Phi) is 3.71. The average molecular weight is 292 g/mol. The smallest absolute Gasteiger partial charge is 0.200 e. The van der Waals surface area contributed by atoms with Crippen LogP contribution in [0.3, 0.4) is 0 Å². The fourth-order valence-corrected chi connectivity index (χ4v) is 1.74. The maximum absolute atomic E-state index is 13.9. The minimum Gasteiger partial charge on any atom is -0.392 e. The largest absolute Gasteiger partial charge is 0.392 e. The molecule has 0 saturated carbocycles. The predicted molar refractivity (Wildman–Crippen MR) is 57.5 cm³/mol. The van der Waals surface area contributed by atoms with Crippen molar-refractivity contribution in [1.29, 1.82) is 0 Å². The van der Waals surface area contributed by atoms with Gasteiger partial charge < -0.3 is 5.11 Å². The second-order valence-electron chi connectivity index (χ2n) is 3.88. The lowest BCUT2D eigenvalue weighted by Crippen LogP contribution is -2.05. The molecule has 0 aromatic heterocycles. The molecule has 0 aliphatic heterocycles. The van der Waals surface area contributed by atoms with E-state index in [0.717, 1.165) is 18.2 Å². The first-order valence-corrected chi connectivity index (χ1v) is 5.30. The Balaban J connectivity index is 2.84. The van der Waals surface area contributed by atoms with E-state index in [9.17, 15) is 26.3 Å². The Morgan fingerprint density at radius 3 is 1.70 bits per heavy atom. The zero-order chi connectivity index (χ0) is 15.0. The highest BCUT2D eigenvalue weighted by Crippen LogP contribution is 2.33. The molecule has 0 bridgehead atoms. The summed E-state index contributed by atoms with van der Waals surface area (Å²) in [6.07, 6.45) is 0. The summed E-state index contributed by atoms with van der Waals surface area (Å²) >= 11 is 0. The van der Waals surface area contributed by atoms with E-state index in [-0.39, 0.29) is 5.56 Å². The van der Waals surface area contributed by atoms with E-state index in [4.69, 9.17) is 5.11 Å². The van der Waals surface area contributed by atoms with Gasteiger partial charge in [0.2, 0.25) is 5.82 Å². The van der Waals surface area contributed by atoms with E-state index in [1.807, 2.05) is 0 Å². The summed E-state index contributed by atoms with van der Waals surface area (Å²) in [4.78, 5) is 0. The van der Waals surface area contributed by atoms with Gasteiger partial charge >= 0.3 is 0 Å². The van der Waals surface area contributed by atoms with E-state index in [2.05, 4.69) is 0 Å². The zero-order valence-corrected chi connectivity index (χ0v) is 9.65. The molecule has 0 spiro atoms. The van der Waals surface area contributed by atoms with Gasteiger partial charge in [-0.3, -0.25) is 0 Å². The molecule has 0 amide bonds. The first kappa shape index (κ1) is 14.4. The summed E-state index contributed by atoms with van der Waals surface area (Å²) in [5.74, 6) is -12.1. The molecule has 20 heavy (non-hydrogen) atoms. The molecule has 2 aromatic carbocycles. The van der Waals surface area contributed by atoms with E-state index in [1.54, 1.807) is 0 Å². The Labute approximate surface area is 109 Å². The number of aliphatic hydroxyl groups is 1. The summed E-state index contributed by atoms with van der Waals surface area (Å²) in [5.41, 5.74) is -2.51. The maximum Gasteiger partial charge on any atom is 0.200 e. The topological polar surface area (TPSA) is 20.2 Å². The Bertz CT molecular complexity index is 654. The molecule has 0 heterocycles. The lowest BCUT2D eigenvalue weighted by Gasteiger charge is -2.10. The number of hydrogen-bond acceptors (Lipinski definition) is 1. The first-order valence-electron chi connectivity index (χ1n) is 5.30. The molecular weight excluding hydrogens is 286 g/mol. The molecule has 2 rings (SSSR count). The van der Waals surface area contributed by atoms with Crippen molar-refractivity contribution in [1.82, 2.24) is 0 Å². The van der Waals surface area contributed by atoms with Gasteiger partial charge in [0.1, 0.15) is 5.82 Å². The standard InChI is InChI=1S/C13H6F6O/c14-8-5(4-20)2-1-3-6(8)7-9(15)11(17)13(19)12(18)10(7)16/h1-3,20H,4H2. The predicted octanol–water partition coefficient (Wildman–Crippen LogP) is 3.68. The van der Waals surface area contributed by atoms with Crippen molar-refractivity contribution >= 4 is 0 Å². The fraction of sp³-hybridized carbons (Fsp3) is 0.0769. The van der Waals surface area contributed by atoms with Gasteiger partial charge in [-0.15, -0.1) is 0 Å². The number of rotatable bonds is 2. The first-order chi connectivity index (χ1) is 9.40. The van der Waals surface area contributed by atoms with Crippen LogP contribution < -0.4 is 0 Å². The minimum absolute atomic E-state index is 0.327. The molecule has 0 radical (unpaired) electrons. The fourth-order valence-electron chi connectivity index (χ4n) is 1.74. The van der Waals surface area contributed by atoms with Crippen LogP contribution >= 0.6 is 0 Å². The average Bonchev–Trinajstić information content (AvgIpc) is 2.45. The third-order valence-corrected chi connectivity index (χ3v) is 2.73. The molecule has 0 saturated heterocycles. The highest BCUT2D eigenvalue weighted by molar-refractivity contribution is 5.67. The highest BCUT2D eigenvalue weighted by atomic mass is 19.2. The summed E-state index contributed by atoms with van der Waals surface area (Å²) in [6.45, 7) is -0.783. The zero-order valence-electron chi connectivity index (χ0n) is 9.65. The number of benzene rings is 2. The SMILES string of the molecule is OCc1cccc(-c2c(F)c(F)c(F)c(F)c2F)c1F. The molecule has 2 aromatic rings. The van der Waals surface area contributed by atoms with Crippen molar-refractivity contribution in [2.75, 3.05) is 0 Å². The molecule has 0 aliphatic rings. The van der Waals surface area contributed by atoms with E-state index in [0.29, 0.717) is 0 Å². The minimum atomic E-state index is -2.32. The van der Waals surface area contributed by atoms with Crippen LogP contribution in [-0.2, 0) is 6.61 Å². The highest BCUT2D eigenvalue weighted by Gasteiger charge is 2.28. The molecule has 0 fully saturated rings. The summed E-state index contributed by atoms with van der Waals surface area (Å²) in [7, 11) is 0. The lowest BCUT2D eigenvalue weighted by molar-refractivity contribution is 0.276. The normalized spacial score (nSPS) is 10.9. The number of hydrogen-bond donors (Lipinski definition) is 1. The molecule has 1 nitrogen and oxygen atoms in total. The van der Waals surface area contributed by atoms with Crippen molar-refractivity contribution in [2.45, 2.75) is 6.61 Å². The third kappa shape index (κ3) is 2.03. The van der Waals surface area contributed by atoms with Gasteiger partial charge in [0.15, 0.2) is 23.3 Å². The van der Waals surface area contributed by atoms with Crippen molar-refractivity contribution in [3.8, 4) is 11.1 Å². The monoisotopic (exact) mass is 292 g/mol. The van der Waals surface area contributed by atoms with Crippen molar-refractivity contribution < 1.29 is 31.4 Å². The van der Waals surface area contributed by atoms with Gasteiger partial charge in [0, 0.05) is 11.1 Å². The van der Waals surface area contributed by atoms with E-state index < -0.39 is 52.6 Å². The molecule has 7 heteroatoms. The van der Waals surface area contributed by atoms with E-state index in [1.165, 1.54) is 0 Å². The summed E-state index contributed by atoms with van der Waals surface area (Å²) < 4.78 is 80.0. The van der Waals surface area contributed by atoms with Crippen molar-refractivity contribution in [3.63, 3.8) is 0 Å². The van der Waals surface area contributed by atoms with Crippen LogP contribution in [0.2, 0.25) is 0 Å². The Hall–Kier alpha value is -2.02. The van der Waals surface area contributed by atoms with Gasteiger partial charge in [-0.2, -0.15) is 0 Å². The Morgan fingerprint density at radius 2 is 1.20 bits per heavy atom. The third-order valence-electron chi connectivity index (χ3n) is 2.73. The van der Waals surface area contributed by atoms with Crippen LogP contribution in [0.25, 0.3) is 11.1 Å². The van der Waals surface area contributed by atoms with Crippen LogP contribution in [0, 0.1) is 34.9 Å². The van der Waals surface area contributed by atoms with Crippen LogP contribution in [0.15, 0.2) is 18.2 Å². The van der Waals surface area contributed by atoms with Crippen molar-refractivity contribution in [2.24, 2.45) is 0 Å².